The fourth-order valence-electron chi connectivity index (χ4n) is 8.40. The average Bonchev–Trinajstić information content (AvgIpc) is 3.80. The highest BCUT2D eigenvalue weighted by atomic mass is 15.0. The number of fused-ring (bicyclic) bond motifs is 6. The van der Waals surface area contributed by atoms with Crippen LogP contribution in [0.15, 0.2) is 206 Å². The standard InChI is InChI=1S/C52H34N4/c1-4-15-35(16-5-1)47-32-39(33-48(54-47)36-17-6-2-7-18-36)37-19-12-22-41(31-37)56-50-34-38(28-29-44(50)46-26-14-30-53-52(46)56)42-24-13-25-45-43-23-10-11-27-49(43)55(51(42)45)40-20-8-3-9-21-40/h1-34H. The van der Waals surface area contributed by atoms with E-state index < -0.39 is 0 Å². The quantitative estimate of drug-likeness (QED) is 0.172. The first-order chi connectivity index (χ1) is 27.8. The highest BCUT2D eigenvalue weighted by molar-refractivity contribution is 6.15. The van der Waals surface area contributed by atoms with Crippen molar-refractivity contribution in [2.75, 3.05) is 0 Å². The molecule has 0 atom stereocenters. The maximum Gasteiger partial charge on any atom is 0.145 e. The molecule has 0 bridgehead atoms. The predicted octanol–water partition coefficient (Wildman–Crippen LogP) is 13.3. The van der Waals surface area contributed by atoms with Gasteiger partial charge in [0.15, 0.2) is 0 Å². The molecule has 0 fully saturated rings. The zero-order valence-corrected chi connectivity index (χ0v) is 30.4. The Morgan fingerprint density at radius 3 is 1.71 bits per heavy atom. The van der Waals surface area contributed by atoms with Gasteiger partial charge in [-0.05, 0) is 77.4 Å². The summed E-state index contributed by atoms with van der Waals surface area (Å²) in [5, 5.41) is 4.77. The number of hydrogen-bond donors (Lipinski definition) is 0. The molecule has 0 spiro atoms. The third-order valence-corrected chi connectivity index (χ3v) is 10.9. The minimum atomic E-state index is 0.929. The SMILES string of the molecule is c1ccc(-c2cc(-c3cccc(-n4c5cc(-c6cccc7c8ccccc8n(-c8ccccc8)c67)ccc5c5cccnc54)c3)cc(-c3ccccc3)n2)cc1. The molecule has 4 nitrogen and oxygen atoms in total. The number of benzene rings is 7. The first-order valence-electron chi connectivity index (χ1n) is 19.0. The van der Waals surface area contributed by atoms with Gasteiger partial charge in [-0.25, -0.2) is 9.97 Å². The molecule has 11 rings (SSSR count). The second-order valence-corrected chi connectivity index (χ2v) is 14.2. The Morgan fingerprint density at radius 2 is 0.946 bits per heavy atom. The monoisotopic (exact) mass is 714 g/mol. The van der Waals surface area contributed by atoms with Gasteiger partial charge < -0.3 is 4.57 Å². The van der Waals surface area contributed by atoms with E-state index in [0.29, 0.717) is 0 Å². The molecule has 0 aliphatic heterocycles. The fraction of sp³-hybridized carbons (Fsp3) is 0. The van der Waals surface area contributed by atoms with Crippen molar-refractivity contribution in [3.05, 3.63) is 206 Å². The van der Waals surface area contributed by atoms with Gasteiger partial charge in [0, 0.05) is 55.8 Å². The minimum absolute atomic E-state index is 0.929. The number of hydrogen-bond acceptors (Lipinski definition) is 2. The maximum atomic E-state index is 5.14. The third-order valence-electron chi connectivity index (χ3n) is 10.9. The summed E-state index contributed by atoms with van der Waals surface area (Å²) < 4.78 is 4.73. The van der Waals surface area contributed by atoms with Gasteiger partial charge in [-0.1, -0.05) is 140 Å². The van der Waals surface area contributed by atoms with Crippen LogP contribution in [0, 0.1) is 0 Å². The van der Waals surface area contributed by atoms with Crippen LogP contribution in [0.2, 0.25) is 0 Å². The fourth-order valence-corrected chi connectivity index (χ4v) is 8.40. The molecule has 0 saturated carbocycles. The summed E-state index contributed by atoms with van der Waals surface area (Å²) in [6, 6.07) is 71.3. The van der Waals surface area contributed by atoms with Crippen molar-refractivity contribution in [1.82, 2.24) is 19.1 Å². The van der Waals surface area contributed by atoms with Crippen LogP contribution in [0.3, 0.4) is 0 Å². The molecule has 4 heteroatoms. The molecule has 56 heavy (non-hydrogen) atoms. The summed E-state index contributed by atoms with van der Waals surface area (Å²) in [5.74, 6) is 0. The Morgan fingerprint density at radius 1 is 0.339 bits per heavy atom. The predicted molar refractivity (Wildman–Crippen MR) is 232 cm³/mol. The summed E-state index contributed by atoms with van der Waals surface area (Å²) >= 11 is 0. The molecule has 0 N–H and O–H groups in total. The maximum absolute atomic E-state index is 5.14. The van der Waals surface area contributed by atoms with Gasteiger partial charge in [-0.3, -0.25) is 4.57 Å². The second-order valence-electron chi connectivity index (χ2n) is 14.2. The van der Waals surface area contributed by atoms with Gasteiger partial charge in [0.2, 0.25) is 0 Å². The smallest absolute Gasteiger partial charge is 0.145 e. The molecule has 7 aromatic carbocycles. The Balaban J connectivity index is 1.12. The van der Waals surface area contributed by atoms with E-state index in [0.717, 1.165) is 67.1 Å². The molecule has 262 valence electrons. The third kappa shape index (κ3) is 5.23. The van der Waals surface area contributed by atoms with Crippen LogP contribution in [0.5, 0.6) is 0 Å². The van der Waals surface area contributed by atoms with Gasteiger partial charge in [-0.15, -0.1) is 0 Å². The molecule has 4 aromatic heterocycles. The van der Waals surface area contributed by atoms with Crippen molar-refractivity contribution in [1.29, 1.82) is 0 Å². The van der Waals surface area contributed by atoms with Crippen molar-refractivity contribution in [2.45, 2.75) is 0 Å². The molecule has 0 amide bonds. The molecule has 0 saturated heterocycles. The van der Waals surface area contributed by atoms with E-state index in [-0.39, 0.29) is 0 Å². The van der Waals surface area contributed by atoms with Gasteiger partial charge in [0.25, 0.3) is 0 Å². The Bertz CT molecular complexity index is 3170. The number of pyridine rings is 2. The molecule has 4 heterocycles. The number of rotatable bonds is 6. The second kappa shape index (κ2) is 13.1. The van der Waals surface area contributed by atoms with E-state index in [1.807, 2.05) is 24.4 Å². The summed E-state index contributed by atoms with van der Waals surface area (Å²) in [5.41, 5.74) is 15.2. The van der Waals surface area contributed by atoms with Gasteiger partial charge in [-0.2, -0.15) is 0 Å². The van der Waals surface area contributed by atoms with Crippen molar-refractivity contribution in [3.63, 3.8) is 0 Å². The zero-order valence-electron chi connectivity index (χ0n) is 30.4. The van der Waals surface area contributed by atoms with E-state index in [1.165, 1.54) is 32.8 Å². The highest BCUT2D eigenvalue weighted by Crippen LogP contribution is 2.41. The van der Waals surface area contributed by atoms with Crippen LogP contribution in [-0.2, 0) is 0 Å². The van der Waals surface area contributed by atoms with Gasteiger partial charge in [0.1, 0.15) is 5.65 Å². The van der Waals surface area contributed by atoms with E-state index >= 15 is 0 Å². The average molecular weight is 715 g/mol. The van der Waals surface area contributed by atoms with Crippen LogP contribution in [0.4, 0.5) is 0 Å². The van der Waals surface area contributed by atoms with Crippen LogP contribution in [-0.4, -0.2) is 19.1 Å². The van der Waals surface area contributed by atoms with Crippen LogP contribution in [0.1, 0.15) is 0 Å². The Labute approximate surface area is 324 Å². The summed E-state index contributed by atoms with van der Waals surface area (Å²) in [4.78, 5) is 10.1. The van der Waals surface area contributed by atoms with Crippen molar-refractivity contribution >= 4 is 43.7 Å². The lowest BCUT2D eigenvalue weighted by Gasteiger charge is -2.14. The highest BCUT2D eigenvalue weighted by Gasteiger charge is 2.19. The zero-order chi connectivity index (χ0) is 37.0. The van der Waals surface area contributed by atoms with E-state index in [1.54, 1.807) is 0 Å². The van der Waals surface area contributed by atoms with Crippen molar-refractivity contribution in [2.24, 2.45) is 0 Å². The Kier molecular flexibility index (Phi) is 7.46. The van der Waals surface area contributed by atoms with Crippen molar-refractivity contribution < 1.29 is 0 Å². The van der Waals surface area contributed by atoms with Crippen LogP contribution in [0.25, 0.3) is 99.9 Å². The van der Waals surface area contributed by atoms with Gasteiger partial charge >= 0.3 is 0 Å². The topological polar surface area (TPSA) is 35.6 Å². The molecular formula is C52H34N4. The summed E-state index contributed by atoms with van der Waals surface area (Å²) in [7, 11) is 0. The molecule has 0 aliphatic carbocycles. The van der Waals surface area contributed by atoms with E-state index in [9.17, 15) is 0 Å². The summed E-state index contributed by atoms with van der Waals surface area (Å²) in [6.07, 6.45) is 1.89. The van der Waals surface area contributed by atoms with E-state index in [4.69, 9.17) is 9.97 Å². The van der Waals surface area contributed by atoms with Crippen LogP contribution >= 0.6 is 0 Å². The molecule has 11 aromatic rings. The lowest BCUT2D eigenvalue weighted by molar-refractivity contribution is 1.14. The number of para-hydroxylation sites is 3. The number of aromatic nitrogens is 4. The molecule has 0 unspecified atom stereocenters. The first-order valence-corrected chi connectivity index (χ1v) is 19.0. The Hall–Kier alpha value is -7.56. The minimum Gasteiger partial charge on any atom is -0.309 e. The first kappa shape index (κ1) is 31.9. The number of nitrogens with zero attached hydrogens (tertiary/aromatic N) is 4. The van der Waals surface area contributed by atoms with E-state index in [2.05, 4.69) is 191 Å². The molecule has 0 aliphatic rings. The van der Waals surface area contributed by atoms with Crippen molar-refractivity contribution in [3.8, 4) is 56.1 Å². The largest absolute Gasteiger partial charge is 0.309 e. The molecule has 0 radical (unpaired) electrons. The van der Waals surface area contributed by atoms with Crippen LogP contribution < -0.4 is 0 Å². The van der Waals surface area contributed by atoms with Gasteiger partial charge in [0.05, 0.1) is 27.9 Å². The lowest BCUT2D eigenvalue weighted by Crippen LogP contribution is -1.97. The normalized spacial score (nSPS) is 11.6. The summed E-state index contributed by atoms with van der Waals surface area (Å²) in [6.45, 7) is 0. The molecular weight excluding hydrogens is 681 g/mol. The lowest BCUT2D eigenvalue weighted by atomic mass is 9.99.